The maximum Gasteiger partial charge on any atom is 0.325 e. The van der Waals surface area contributed by atoms with Gasteiger partial charge in [-0.2, -0.15) is 4.31 Å². The topological polar surface area (TPSA) is 110 Å². The minimum atomic E-state index is -3.60. The van der Waals surface area contributed by atoms with Crippen LogP contribution in [-0.4, -0.2) is 44.5 Å². The number of aromatic nitrogens is 1. The summed E-state index contributed by atoms with van der Waals surface area (Å²) in [6.45, 7) is 2.46. The van der Waals surface area contributed by atoms with Crippen LogP contribution in [0.25, 0.3) is 0 Å². The van der Waals surface area contributed by atoms with Crippen molar-refractivity contribution in [3.8, 4) is 11.5 Å². The average molecular weight is 489 g/mol. The molecular formula is C22H24N4O5S2. The summed E-state index contributed by atoms with van der Waals surface area (Å²) >= 11 is 1.26. The highest BCUT2D eigenvalue weighted by Gasteiger charge is 2.30. The Kier molecular flexibility index (Phi) is 6.54. The maximum absolute atomic E-state index is 13.0. The molecule has 0 saturated heterocycles. The first-order chi connectivity index (χ1) is 15.8. The summed E-state index contributed by atoms with van der Waals surface area (Å²) in [5, 5.41) is 5.85. The maximum atomic E-state index is 13.0. The number of urea groups is 1. The highest BCUT2D eigenvalue weighted by atomic mass is 32.2. The second kappa shape index (κ2) is 9.38. The van der Waals surface area contributed by atoms with Gasteiger partial charge >= 0.3 is 6.03 Å². The normalized spacial score (nSPS) is 13.8. The van der Waals surface area contributed by atoms with E-state index in [1.807, 2.05) is 6.92 Å². The van der Waals surface area contributed by atoms with Gasteiger partial charge in [0.05, 0.1) is 37.0 Å². The Morgan fingerprint density at radius 2 is 1.85 bits per heavy atom. The van der Waals surface area contributed by atoms with Crippen LogP contribution >= 0.6 is 11.3 Å². The molecule has 174 valence electrons. The lowest BCUT2D eigenvalue weighted by Crippen LogP contribution is -2.35. The Hall–Kier alpha value is -3.15. The van der Waals surface area contributed by atoms with E-state index in [0.29, 0.717) is 35.3 Å². The SMILES string of the molecule is COc1ccc(OC)c(NC(=O)Nc2nc3c(s2)CN(S(=O)(=O)c2ccc(C)cc2)CC3)c1. The summed E-state index contributed by atoms with van der Waals surface area (Å²) < 4.78 is 38.0. The molecule has 11 heteroatoms. The van der Waals surface area contributed by atoms with Crippen LogP contribution in [0.5, 0.6) is 11.5 Å². The quantitative estimate of drug-likeness (QED) is 0.545. The molecule has 0 fully saturated rings. The number of amides is 2. The minimum Gasteiger partial charge on any atom is -0.497 e. The zero-order valence-corrected chi connectivity index (χ0v) is 20.0. The number of nitrogens with one attached hydrogen (secondary N) is 2. The fourth-order valence-corrected chi connectivity index (χ4v) is 5.96. The number of hydrogen-bond acceptors (Lipinski definition) is 7. The zero-order chi connectivity index (χ0) is 23.6. The Balaban J connectivity index is 1.46. The molecule has 0 radical (unpaired) electrons. The third-order valence-corrected chi connectivity index (χ3v) is 8.09. The third-order valence-electron chi connectivity index (χ3n) is 5.23. The highest BCUT2D eigenvalue weighted by molar-refractivity contribution is 7.89. The lowest BCUT2D eigenvalue weighted by molar-refractivity contribution is 0.262. The van der Waals surface area contributed by atoms with Gasteiger partial charge < -0.3 is 14.8 Å². The van der Waals surface area contributed by atoms with Crippen LogP contribution in [0.1, 0.15) is 16.1 Å². The number of methoxy groups -OCH3 is 2. The van der Waals surface area contributed by atoms with Gasteiger partial charge in [0.1, 0.15) is 11.5 Å². The number of nitrogens with zero attached hydrogens (tertiary/aromatic N) is 2. The summed E-state index contributed by atoms with van der Waals surface area (Å²) in [4.78, 5) is 18.1. The van der Waals surface area contributed by atoms with Crippen molar-refractivity contribution in [1.82, 2.24) is 9.29 Å². The van der Waals surface area contributed by atoms with Gasteiger partial charge in [-0.15, -0.1) is 0 Å². The van der Waals surface area contributed by atoms with Gasteiger partial charge in [-0.3, -0.25) is 5.32 Å². The van der Waals surface area contributed by atoms with Gasteiger partial charge in [-0.05, 0) is 31.2 Å². The molecule has 0 unspecified atom stereocenters. The van der Waals surface area contributed by atoms with Crippen molar-refractivity contribution >= 4 is 38.2 Å². The van der Waals surface area contributed by atoms with Crippen LogP contribution in [0.15, 0.2) is 47.4 Å². The van der Waals surface area contributed by atoms with Crippen LogP contribution in [0.4, 0.5) is 15.6 Å². The Labute approximate surface area is 196 Å². The molecule has 1 aromatic heterocycles. The van der Waals surface area contributed by atoms with Crippen LogP contribution in [0.3, 0.4) is 0 Å². The predicted octanol–water partition coefficient (Wildman–Crippen LogP) is 3.86. The van der Waals surface area contributed by atoms with E-state index in [9.17, 15) is 13.2 Å². The fourth-order valence-electron chi connectivity index (χ4n) is 3.45. The van der Waals surface area contributed by atoms with Gasteiger partial charge in [-0.1, -0.05) is 29.0 Å². The van der Waals surface area contributed by atoms with Crippen molar-refractivity contribution in [2.45, 2.75) is 24.8 Å². The predicted molar refractivity (Wildman–Crippen MR) is 127 cm³/mol. The molecule has 2 heterocycles. The largest absolute Gasteiger partial charge is 0.497 e. The fraction of sp³-hybridized carbons (Fsp3) is 0.273. The van der Waals surface area contributed by atoms with Crippen molar-refractivity contribution in [3.63, 3.8) is 0 Å². The smallest absolute Gasteiger partial charge is 0.325 e. The van der Waals surface area contributed by atoms with Gasteiger partial charge in [0.15, 0.2) is 5.13 Å². The number of fused-ring (bicyclic) bond motifs is 1. The second-order valence-electron chi connectivity index (χ2n) is 7.44. The van der Waals surface area contributed by atoms with Gasteiger partial charge in [0.2, 0.25) is 10.0 Å². The van der Waals surface area contributed by atoms with E-state index < -0.39 is 16.1 Å². The van der Waals surface area contributed by atoms with Crippen LogP contribution in [-0.2, 0) is 23.0 Å². The van der Waals surface area contributed by atoms with E-state index in [-0.39, 0.29) is 11.4 Å². The summed E-state index contributed by atoms with van der Waals surface area (Å²) in [7, 11) is -0.558. The molecule has 1 aliphatic rings. The summed E-state index contributed by atoms with van der Waals surface area (Å²) in [6.07, 6.45) is 0.476. The van der Waals surface area contributed by atoms with Crippen LogP contribution in [0.2, 0.25) is 0 Å². The molecule has 2 amide bonds. The number of carbonyl (C=O) groups is 1. The van der Waals surface area contributed by atoms with Crippen molar-refractivity contribution in [1.29, 1.82) is 0 Å². The number of sulfonamides is 1. The molecule has 0 bridgehead atoms. The number of thiazole rings is 1. The van der Waals surface area contributed by atoms with E-state index in [1.54, 1.807) is 42.5 Å². The lowest BCUT2D eigenvalue weighted by atomic mass is 10.2. The Bertz CT molecular complexity index is 1270. The molecule has 33 heavy (non-hydrogen) atoms. The molecule has 9 nitrogen and oxygen atoms in total. The second-order valence-corrected chi connectivity index (χ2v) is 10.5. The number of aryl methyl sites for hydroxylation is 1. The first-order valence-corrected chi connectivity index (χ1v) is 12.4. The van der Waals surface area contributed by atoms with E-state index >= 15 is 0 Å². The standard InChI is InChI=1S/C22H24N4O5S2/c1-14-4-7-16(8-5-14)33(28,29)26-11-10-17-20(13-26)32-22(24-17)25-21(27)23-18-12-15(30-2)6-9-19(18)31-3/h4-9,12H,10-11,13H2,1-3H3,(H2,23,24,25,27). The highest BCUT2D eigenvalue weighted by Crippen LogP contribution is 2.32. The van der Waals surface area contributed by atoms with E-state index in [1.165, 1.54) is 29.9 Å². The van der Waals surface area contributed by atoms with Gasteiger partial charge in [0.25, 0.3) is 0 Å². The van der Waals surface area contributed by atoms with Gasteiger partial charge in [0, 0.05) is 23.9 Å². The van der Waals surface area contributed by atoms with Crippen LogP contribution in [0, 0.1) is 6.92 Å². The summed E-state index contributed by atoms with van der Waals surface area (Å²) in [6, 6.07) is 11.4. The molecule has 0 aliphatic carbocycles. The third kappa shape index (κ3) is 4.95. The number of ether oxygens (including phenoxy) is 2. The first-order valence-electron chi connectivity index (χ1n) is 10.2. The number of rotatable bonds is 6. The van der Waals surface area contributed by atoms with E-state index in [2.05, 4.69) is 15.6 Å². The van der Waals surface area contributed by atoms with Crippen molar-refractivity contribution in [2.24, 2.45) is 0 Å². The molecule has 1 aliphatic heterocycles. The zero-order valence-electron chi connectivity index (χ0n) is 18.4. The molecular weight excluding hydrogens is 464 g/mol. The summed E-state index contributed by atoms with van der Waals surface area (Å²) in [5.41, 5.74) is 2.24. The molecule has 2 N–H and O–H groups in total. The molecule has 3 aromatic rings. The lowest BCUT2D eigenvalue weighted by Gasteiger charge is -2.25. The first kappa shape index (κ1) is 23.0. The molecule has 0 saturated carbocycles. The van der Waals surface area contributed by atoms with E-state index in [4.69, 9.17) is 9.47 Å². The molecule has 0 atom stereocenters. The van der Waals surface area contributed by atoms with Crippen LogP contribution < -0.4 is 20.1 Å². The number of carbonyl (C=O) groups excluding carboxylic acids is 1. The van der Waals surface area contributed by atoms with Crippen molar-refractivity contribution < 1.29 is 22.7 Å². The summed E-state index contributed by atoms with van der Waals surface area (Å²) in [5.74, 6) is 1.06. The molecule has 4 rings (SSSR count). The molecule has 2 aromatic carbocycles. The number of anilines is 2. The minimum absolute atomic E-state index is 0.218. The van der Waals surface area contributed by atoms with Crippen molar-refractivity contribution in [3.05, 3.63) is 58.6 Å². The van der Waals surface area contributed by atoms with Gasteiger partial charge in [-0.25, -0.2) is 18.2 Å². The van der Waals surface area contributed by atoms with E-state index in [0.717, 1.165) is 16.1 Å². The number of benzene rings is 2. The average Bonchev–Trinajstić information content (AvgIpc) is 3.20. The Morgan fingerprint density at radius 3 is 2.55 bits per heavy atom. The number of hydrogen-bond donors (Lipinski definition) is 2. The van der Waals surface area contributed by atoms with Crippen molar-refractivity contribution in [2.75, 3.05) is 31.4 Å². The molecule has 0 spiro atoms. The monoisotopic (exact) mass is 488 g/mol. The Morgan fingerprint density at radius 1 is 1.09 bits per heavy atom.